The molecule has 1 heterocycles. The minimum absolute atomic E-state index is 0.0575. The minimum Gasteiger partial charge on any atom is -0.477 e. The number of unbranched alkanes of at least 4 members (excludes halogenated alkanes) is 2. The molecule has 164 valence electrons. The summed E-state index contributed by atoms with van der Waals surface area (Å²) in [4.78, 5) is 39.2. The second-order valence-corrected chi connectivity index (χ2v) is 7.77. The van der Waals surface area contributed by atoms with Gasteiger partial charge in [-0.25, -0.2) is 0 Å². The molecule has 0 aromatic heterocycles. The number of benzene rings is 2. The standard InChI is InChI=1S/C25H30N2O4/c1-3-4-5-8-18-11-13-19(14-12-18)21(28)15-16-24(29)27-17-23(25(30)26-2)31-22-10-7-6-9-20(22)27/h6-7,9-14,23H,3-5,8,15-17H2,1-2H3,(H,26,30)/t23-/m1/s1. The third-order valence-electron chi connectivity index (χ3n) is 5.52. The summed E-state index contributed by atoms with van der Waals surface area (Å²) in [6, 6.07) is 14.8. The monoisotopic (exact) mass is 422 g/mol. The van der Waals surface area contributed by atoms with Gasteiger partial charge in [0.15, 0.2) is 11.9 Å². The summed E-state index contributed by atoms with van der Waals surface area (Å²) < 4.78 is 5.73. The van der Waals surface area contributed by atoms with Crippen LogP contribution in [0.25, 0.3) is 0 Å². The molecule has 0 radical (unpaired) electrons. The third-order valence-corrected chi connectivity index (χ3v) is 5.52. The molecular formula is C25H30N2O4. The van der Waals surface area contributed by atoms with Crippen LogP contribution in [0.3, 0.4) is 0 Å². The number of para-hydroxylation sites is 2. The zero-order chi connectivity index (χ0) is 22.2. The number of Topliss-reactive ketones (excluding diaryl/α,β-unsaturated/α-hetero) is 1. The Morgan fingerprint density at radius 1 is 1.03 bits per heavy atom. The number of likely N-dealkylation sites (N-methyl/N-ethyl adjacent to an activating group) is 1. The summed E-state index contributed by atoms with van der Waals surface area (Å²) in [6.07, 6.45) is 3.97. The Labute approximate surface area is 183 Å². The molecule has 1 aliphatic rings. The number of hydrogen-bond donors (Lipinski definition) is 1. The van der Waals surface area contributed by atoms with Crippen LogP contribution in [-0.2, 0) is 16.0 Å². The Bertz CT molecular complexity index is 923. The van der Waals surface area contributed by atoms with Crippen molar-refractivity contribution in [2.75, 3.05) is 18.5 Å². The summed E-state index contributed by atoms with van der Waals surface area (Å²) in [5.41, 5.74) is 2.47. The summed E-state index contributed by atoms with van der Waals surface area (Å²) >= 11 is 0. The van der Waals surface area contributed by atoms with Gasteiger partial charge >= 0.3 is 0 Å². The van der Waals surface area contributed by atoms with E-state index in [1.807, 2.05) is 30.3 Å². The maximum atomic E-state index is 12.9. The molecule has 6 nitrogen and oxygen atoms in total. The van der Waals surface area contributed by atoms with Gasteiger partial charge in [-0.05, 0) is 30.5 Å². The van der Waals surface area contributed by atoms with E-state index in [-0.39, 0.29) is 37.0 Å². The number of ether oxygens (including phenoxy) is 1. The third kappa shape index (κ3) is 5.72. The van der Waals surface area contributed by atoms with Gasteiger partial charge in [-0.15, -0.1) is 0 Å². The van der Waals surface area contributed by atoms with Crippen LogP contribution in [0.5, 0.6) is 5.75 Å². The van der Waals surface area contributed by atoms with Gasteiger partial charge in [0.05, 0.1) is 12.2 Å². The number of aryl methyl sites for hydroxylation is 1. The van der Waals surface area contributed by atoms with Crippen LogP contribution in [-0.4, -0.2) is 37.3 Å². The lowest BCUT2D eigenvalue weighted by atomic mass is 10.0. The zero-order valence-electron chi connectivity index (χ0n) is 18.2. The smallest absolute Gasteiger partial charge is 0.262 e. The van der Waals surface area contributed by atoms with E-state index in [4.69, 9.17) is 4.74 Å². The van der Waals surface area contributed by atoms with Crippen molar-refractivity contribution in [3.05, 3.63) is 59.7 Å². The van der Waals surface area contributed by atoms with Crippen molar-refractivity contribution in [3.8, 4) is 5.75 Å². The lowest BCUT2D eigenvalue weighted by molar-refractivity contribution is -0.127. The Hall–Kier alpha value is -3.15. The number of carbonyl (C=O) groups excluding carboxylic acids is 3. The van der Waals surface area contributed by atoms with Crippen molar-refractivity contribution in [1.82, 2.24) is 5.32 Å². The molecule has 0 spiro atoms. The van der Waals surface area contributed by atoms with Gasteiger partial charge in [-0.3, -0.25) is 14.4 Å². The molecule has 0 aliphatic carbocycles. The number of rotatable bonds is 9. The number of carbonyl (C=O) groups is 3. The number of ketones is 1. The number of fused-ring (bicyclic) bond motifs is 1. The van der Waals surface area contributed by atoms with E-state index in [1.165, 1.54) is 25.5 Å². The first kappa shape index (κ1) is 22.5. The average molecular weight is 423 g/mol. The molecule has 2 aromatic rings. The number of anilines is 1. The van der Waals surface area contributed by atoms with E-state index in [0.29, 0.717) is 17.0 Å². The van der Waals surface area contributed by atoms with Crippen LogP contribution in [0, 0.1) is 0 Å². The van der Waals surface area contributed by atoms with Gasteiger partial charge in [-0.1, -0.05) is 56.2 Å². The fourth-order valence-electron chi connectivity index (χ4n) is 3.70. The normalized spacial score (nSPS) is 15.0. The van der Waals surface area contributed by atoms with Crippen molar-refractivity contribution in [1.29, 1.82) is 0 Å². The van der Waals surface area contributed by atoms with Crippen molar-refractivity contribution < 1.29 is 19.1 Å². The highest BCUT2D eigenvalue weighted by molar-refractivity contribution is 6.02. The fourth-order valence-corrected chi connectivity index (χ4v) is 3.70. The number of amides is 2. The molecule has 0 bridgehead atoms. The van der Waals surface area contributed by atoms with E-state index in [9.17, 15) is 14.4 Å². The molecule has 1 N–H and O–H groups in total. The summed E-state index contributed by atoms with van der Waals surface area (Å²) in [6.45, 7) is 2.30. The van der Waals surface area contributed by atoms with Crippen LogP contribution in [0.2, 0.25) is 0 Å². The maximum Gasteiger partial charge on any atom is 0.262 e. The Morgan fingerprint density at radius 3 is 2.48 bits per heavy atom. The molecule has 31 heavy (non-hydrogen) atoms. The molecular weight excluding hydrogens is 392 g/mol. The number of hydrogen-bond acceptors (Lipinski definition) is 4. The van der Waals surface area contributed by atoms with Gasteiger partial charge in [0.25, 0.3) is 5.91 Å². The minimum atomic E-state index is -0.778. The van der Waals surface area contributed by atoms with Crippen molar-refractivity contribution in [3.63, 3.8) is 0 Å². The SMILES string of the molecule is CCCCCc1ccc(C(=O)CCC(=O)N2C[C@H](C(=O)NC)Oc3ccccc32)cc1. The van der Waals surface area contributed by atoms with Gasteiger partial charge in [0, 0.05) is 25.5 Å². The Kier molecular flexibility index (Phi) is 7.82. The van der Waals surface area contributed by atoms with Crippen molar-refractivity contribution >= 4 is 23.3 Å². The van der Waals surface area contributed by atoms with E-state index < -0.39 is 6.10 Å². The molecule has 0 saturated heterocycles. The molecule has 0 unspecified atom stereocenters. The molecule has 1 atom stereocenters. The highest BCUT2D eigenvalue weighted by Crippen LogP contribution is 2.33. The number of nitrogens with one attached hydrogen (secondary N) is 1. The van der Waals surface area contributed by atoms with Gasteiger partial charge in [0.1, 0.15) is 5.75 Å². The quantitative estimate of drug-likeness (QED) is 0.491. The van der Waals surface area contributed by atoms with E-state index >= 15 is 0 Å². The van der Waals surface area contributed by atoms with E-state index in [0.717, 1.165) is 12.8 Å². The van der Waals surface area contributed by atoms with Gasteiger partial charge in [-0.2, -0.15) is 0 Å². The lowest BCUT2D eigenvalue weighted by Crippen LogP contribution is -2.50. The summed E-state index contributed by atoms with van der Waals surface area (Å²) in [7, 11) is 1.53. The van der Waals surface area contributed by atoms with Crippen molar-refractivity contribution in [2.45, 2.75) is 51.6 Å². The van der Waals surface area contributed by atoms with Gasteiger partial charge < -0.3 is 15.0 Å². The maximum absolute atomic E-state index is 12.9. The Morgan fingerprint density at radius 2 is 1.77 bits per heavy atom. The second-order valence-electron chi connectivity index (χ2n) is 7.77. The largest absolute Gasteiger partial charge is 0.477 e. The first-order valence-corrected chi connectivity index (χ1v) is 10.9. The first-order chi connectivity index (χ1) is 15.0. The van der Waals surface area contributed by atoms with E-state index in [2.05, 4.69) is 12.2 Å². The highest BCUT2D eigenvalue weighted by atomic mass is 16.5. The predicted octanol–water partition coefficient (Wildman–Crippen LogP) is 3.92. The van der Waals surface area contributed by atoms with Gasteiger partial charge in [0.2, 0.25) is 5.91 Å². The number of nitrogens with zero attached hydrogens (tertiary/aromatic N) is 1. The van der Waals surface area contributed by atoms with Crippen LogP contribution >= 0.6 is 0 Å². The molecule has 2 amide bonds. The average Bonchev–Trinajstić information content (AvgIpc) is 2.81. The second kappa shape index (κ2) is 10.8. The highest BCUT2D eigenvalue weighted by Gasteiger charge is 2.33. The molecule has 6 heteroatoms. The Balaban J connectivity index is 1.61. The zero-order valence-corrected chi connectivity index (χ0v) is 18.2. The molecule has 1 aliphatic heterocycles. The van der Waals surface area contributed by atoms with Crippen LogP contribution in [0.1, 0.15) is 54.9 Å². The lowest BCUT2D eigenvalue weighted by Gasteiger charge is -2.34. The predicted molar refractivity (Wildman–Crippen MR) is 121 cm³/mol. The topological polar surface area (TPSA) is 75.7 Å². The van der Waals surface area contributed by atoms with Crippen molar-refractivity contribution in [2.24, 2.45) is 0 Å². The van der Waals surface area contributed by atoms with E-state index in [1.54, 1.807) is 23.1 Å². The summed E-state index contributed by atoms with van der Waals surface area (Å²) in [5, 5.41) is 2.56. The fraction of sp³-hybridized carbons (Fsp3) is 0.400. The van der Waals surface area contributed by atoms with Crippen LogP contribution < -0.4 is 15.0 Å². The first-order valence-electron chi connectivity index (χ1n) is 10.9. The van der Waals surface area contributed by atoms with Crippen LogP contribution in [0.4, 0.5) is 5.69 Å². The molecule has 2 aromatic carbocycles. The molecule has 0 saturated carbocycles. The van der Waals surface area contributed by atoms with Crippen LogP contribution in [0.15, 0.2) is 48.5 Å². The molecule has 3 rings (SSSR count). The summed E-state index contributed by atoms with van der Waals surface area (Å²) in [5.74, 6) is -0.0601. The molecule has 0 fully saturated rings.